The van der Waals surface area contributed by atoms with E-state index in [1.165, 1.54) is 12.8 Å². The van der Waals surface area contributed by atoms with Crippen molar-refractivity contribution in [2.75, 3.05) is 19.1 Å². The Hall–Kier alpha value is -1.22. The van der Waals surface area contributed by atoms with Crippen molar-refractivity contribution in [1.82, 2.24) is 0 Å². The van der Waals surface area contributed by atoms with Gasteiger partial charge in [-0.25, -0.2) is 0 Å². The third-order valence-electron chi connectivity index (χ3n) is 2.55. The molecule has 0 atom stereocenters. The summed E-state index contributed by atoms with van der Waals surface area (Å²) in [7, 11) is 0. The molecule has 3 heteroatoms. The summed E-state index contributed by atoms with van der Waals surface area (Å²) >= 11 is 0. The average molecular weight is 207 g/mol. The minimum Gasteiger partial charge on any atom is -0.467 e. The number of rotatable bonds is 5. The molecule has 0 amide bonds. The molecule has 1 saturated carbocycles. The molecule has 0 saturated heterocycles. The van der Waals surface area contributed by atoms with Gasteiger partial charge >= 0.3 is 0 Å². The highest BCUT2D eigenvalue weighted by atomic mass is 16.7. The maximum atomic E-state index is 5.64. The fourth-order valence-electron chi connectivity index (χ4n) is 1.44. The van der Waals surface area contributed by atoms with E-state index in [4.69, 9.17) is 15.2 Å². The second kappa shape index (κ2) is 4.53. The Labute approximate surface area is 90.2 Å². The van der Waals surface area contributed by atoms with Crippen LogP contribution in [0.3, 0.4) is 0 Å². The van der Waals surface area contributed by atoms with Crippen molar-refractivity contribution in [2.24, 2.45) is 5.92 Å². The number of aryl methyl sites for hydroxylation is 1. The number of hydrogen-bond donors (Lipinski definition) is 1. The maximum absolute atomic E-state index is 5.64. The predicted molar refractivity (Wildman–Crippen MR) is 59.8 cm³/mol. The van der Waals surface area contributed by atoms with Gasteiger partial charge in [0.15, 0.2) is 6.79 Å². The zero-order valence-corrected chi connectivity index (χ0v) is 9.03. The van der Waals surface area contributed by atoms with Crippen LogP contribution in [0.25, 0.3) is 0 Å². The Bertz CT molecular complexity index is 334. The van der Waals surface area contributed by atoms with Crippen molar-refractivity contribution in [3.63, 3.8) is 0 Å². The van der Waals surface area contributed by atoms with E-state index in [0.29, 0.717) is 6.79 Å². The first kappa shape index (κ1) is 10.3. The third kappa shape index (κ3) is 3.13. The van der Waals surface area contributed by atoms with E-state index in [-0.39, 0.29) is 0 Å². The summed E-state index contributed by atoms with van der Waals surface area (Å²) in [5.41, 5.74) is 7.45. The van der Waals surface area contributed by atoms with E-state index in [0.717, 1.165) is 29.5 Å². The topological polar surface area (TPSA) is 44.5 Å². The molecule has 1 aromatic rings. The Balaban J connectivity index is 1.76. The molecule has 0 heterocycles. The van der Waals surface area contributed by atoms with Gasteiger partial charge in [0.25, 0.3) is 0 Å². The zero-order chi connectivity index (χ0) is 10.7. The number of nitrogens with two attached hydrogens (primary N) is 1. The minimum atomic E-state index is 0.335. The molecule has 1 aliphatic carbocycles. The summed E-state index contributed by atoms with van der Waals surface area (Å²) in [5.74, 6) is 1.63. The molecule has 0 aliphatic heterocycles. The lowest BCUT2D eigenvalue weighted by atomic mass is 10.2. The summed E-state index contributed by atoms with van der Waals surface area (Å²) < 4.78 is 10.9. The van der Waals surface area contributed by atoms with Crippen LogP contribution in [0.5, 0.6) is 5.75 Å². The van der Waals surface area contributed by atoms with Gasteiger partial charge in [0, 0.05) is 5.69 Å². The molecule has 1 aromatic carbocycles. The van der Waals surface area contributed by atoms with Crippen LogP contribution < -0.4 is 10.5 Å². The van der Waals surface area contributed by atoms with Crippen molar-refractivity contribution < 1.29 is 9.47 Å². The van der Waals surface area contributed by atoms with E-state index in [9.17, 15) is 0 Å². The first-order valence-corrected chi connectivity index (χ1v) is 5.32. The molecule has 15 heavy (non-hydrogen) atoms. The summed E-state index contributed by atoms with van der Waals surface area (Å²) in [4.78, 5) is 0. The lowest BCUT2D eigenvalue weighted by Crippen LogP contribution is -2.06. The molecule has 1 aliphatic rings. The van der Waals surface area contributed by atoms with E-state index in [1.807, 2.05) is 25.1 Å². The summed E-state index contributed by atoms with van der Waals surface area (Å²) in [6.07, 6.45) is 2.61. The summed E-state index contributed by atoms with van der Waals surface area (Å²) in [5, 5.41) is 0. The molecule has 0 aromatic heterocycles. The van der Waals surface area contributed by atoms with Crippen LogP contribution in [0, 0.1) is 12.8 Å². The lowest BCUT2D eigenvalue weighted by molar-refractivity contribution is 0.00962. The molecule has 2 rings (SSSR count). The van der Waals surface area contributed by atoms with E-state index >= 15 is 0 Å². The second-order valence-electron chi connectivity index (χ2n) is 4.10. The second-order valence-corrected chi connectivity index (χ2v) is 4.10. The Kier molecular flexibility index (Phi) is 3.11. The molecular formula is C12H17NO2. The normalized spacial score (nSPS) is 15.3. The largest absolute Gasteiger partial charge is 0.467 e. The van der Waals surface area contributed by atoms with E-state index in [1.54, 1.807) is 0 Å². The number of ether oxygens (including phenoxy) is 2. The van der Waals surface area contributed by atoms with Crippen LogP contribution in [-0.2, 0) is 4.74 Å². The highest BCUT2D eigenvalue weighted by Crippen LogP contribution is 2.28. The number of hydrogen-bond acceptors (Lipinski definition) is 3. The van der Waals surface area contributed by atoms with Crippen LogP contribution in [0.1, 0.15) is 18.4 Å². The third-order valence-corrected chi connectivity index (χ3v) is 2.55. The van der Waals surface area contributed by atoms with Gasteiger partial charge in [-0.3, -0.25) is 0 Å². The minimum absolute atomic E-state index is 0.335. The highest BCUT2D eigenvalue weighted by Gasteiger charge is 2.21. The number of benzene rings is 1. The Morgan fingerprint density at radius 2 is 2.20 bits per heavy atom. The molecule has 0 unspecified atom stereocenters. The monoisotopic (exact) mass is 207 g/mol. The highest BCUT2D eigenvalue weighted by molar-refractivity contribution is 5.47. The first-order valence-electron chi connectivity index (χ1n) is 5.32. The predicted octanol–water partition coefficient (Wildman–Crippen LogP) is 2.34. The van der Waals surface area contributed by atoms with Crippen molar-refractivity contribution >= 4 is 5.69 Å². The van der Waals surface area contributed by atoms with Gasteiger partial charge in [0.1, 0.15) is 5.75 Å². The molecule has 82 valence electrons. The maximum Gasteiger partial charge on any atom is 0.189 e. The first-order chi connectivity index (χ1) is 7.25. The quantitative estimate of drug-likeness (QED) is 0.458. The molecular weight excluding hydrogens is 190 g/mol. The molecule has 3 nitrogen and oxygen atoms in total. The fraction of sp³-hybridized carbons (Fsp3) is 0.500. The van der Waals surface area contributed by atoms with Gasteiger partial charge in [0.2, 0.25) is 0 Å². The van der Waals surface area contributed by atoms with Crippen molar-refractivity contribution in [1.29, 1.82) is 0 Å². The summed E-state index contributed by atoms with van der Waals surface area (Å²) in [6.45, 7) is 3.14. The number of anilines is 1. The van der Waals surface area contributed by atoms with E-state index in [2.05, 4.69) is 0 Å². The van der Waals surface area contributed by atoms with Gasteiger partial charge in [-0.2, -0.15) is 0 Å². The van der Waals surface area contributed by atoms with Crippen molar-refractivity contribution in [2.45, 2.75) is 19.8 Å². The smallest absolute Gasteiger partial charge is 0.189 e. The number of nitrogen functional groups attached to an aromatic ring is 1. The molecule has 0 radical (unpaired) electrons. The van der Waals surface area contributed by atoms with Gasteiger partial charge < -0.3 is 15.2 Å². The van der Waals surface area contributed by atoms with Crippen LogP contribution >= 0.6 is 0 Å². The van der Waals surface area contributed by atoms with Crippen LogP contribution in [0.4, 0.5) is 5.69 Å². The van der Waals surface area contributed by atoms with Crippen LogP contribution in [0.2, 0.25) is 0 Å². The zero-order valence-electron chi connectivity index (χ0n) is 9.03. The van der Waals surface area contributed by atoms with Crippen molar-refractivity contribution in [3.05, 3.63) is 23.8 Å². The van der Waals surface area contributed by atoms with Gasteiger partial charge in [-0.15, -0.1) is 0 Å². The Morgan fingerprint density at radius 1 is 1.40 bits per heavy atom. The molecule has 0 bridgehead atoms. The molecule has 1 fully saturated rings. The molecule has 0 spiro atoms. The van der Waals surface area contributed by atoms with Gasteiger partial charge in [-0.1, -0.05) is 0 Å². The lowest BCUT2D eigenvalue weighted by Gasteiger charge is -2.09. The fourth-order valence-corrected chi connectivity index (χ4v) is 1.44. The van der Waals surface area contributed by atoms with Crippen molar-refractivity contribution in [3.8, 4) is 5.75 Å². The van der Waals surface area contributed by atoms with Gasteiger partial charge in [-0.05, 0) is 49.4 Å². The average Bonchev–Trinajstić information content (AvgIpc) is 2.99. The van der Waals surface area contributed by atoms with E-state index < -0.39 is 0 Å². The van der Waals surface area contributed by atoms with Gasteiger partial charge in [0.05, 0.1) is 6.61 Å². The SMILES string of the molecule is Cc1cc(N)ccc1OCOCC1CC1. The molecule has 2 N–H and O–H groups in total. The van der Waals surface area contributed by atoms with Crippen LogP contribution in [-0.4, -0.2) is 13.4 Å². The summed E-state index contributed by atoms with van der Waals surface area (Å²) in [6, 6.07) is 5.62. The van der Waals surface area contributed by atoms with Crippen LogP contribution in [0.15, 0.2) is 18.2 Å². The Morgan fingerprint density at radius 3 is 2.87 bits per heavy atom. The standard InChI is InChI=1S/C12H17NO2/c1-9-6-11(13)4-5-12(9)15-8-14-7-10-2-3-10/h4-6,10H,2-3,7-8,13H2,1H3.